The average Bonchev–Trinajstić information content (AvgIpc) is 2.31. The second-order valence-electron chi connectivity index (χ2n) is 3.47. The maximum atomic E-state index is 9.73. The molecular weight excluding hydrogens is 170 g/mol. The lowest BCUT2D eigenvalue weighted by atomic mass is 9.90. The largest absolute Gasteiger partial charge is 0.388 e. The molecular formula is C9H13NOS. The summed E-state index contributed by atoms with van der Waals surface area (Å²) in [6, 6.07) is 0.144. The second-order valence-corrected chi connectivity index (χ2v) is 4.44. The van der Waals surface area contributed by atoms with E-state index >= 15 is 0 Å². The summed E-state index contributed by atoms with van der Waals surface area (Å²) in [5.74, 6) is 0. The third-order valence-electron chi connectivity index (χ3n) is 2.41. The average molecular weight is 183 g/mol. The number of aliphatic hydroxyl groups excluding tert-OH is 1. The lowest BCUT2D eigenvalue weighted by molar-refractivity contribution is 0.149. The minimum Gasteiger partial charge on any atom is -0.388 e. The highest BCUT2D eigenvalue weighted by Crippen LogP contribution is 2.35. The zero-order valence-electron chi connectivity index (χ0n) is 7.08. The van der Waals surface area contributed by atoms with Crippen LogP contribution in [0.1, 0.15) is 28.5 Å². The third kappa shape index (κ3) is 1.18. The Balaban J connectivity index is 2.43. The van der Waals surface area contributed by atoms with Crippen molar-refractivity contribution >= 4 is 11.3 Å². The van der Waals surface area contributed by atoms with Gasteiger partial charge in [-0.25, -0.2) is 0 Å². The van der Waals surface area contributed by atoms with Crippen molar-refractivity contribution in [3.8, 4) is 0 Å². The van der Waals surface area contributed by atoms with Crippen LogP contribution in [-0.2, 0) is 6.42 Å². The van der Waals surface area contributed by atoms with Crippen molar-refractivity contribution < 1.29 is 5.11 Å². The molecule has 3 N–H and O–H groups in total. The van der Waals surface area contributed by atoms with E-state index in [1.54, 1.807) is 11.3 Å². The highest BCUT2D eigenvalue weighted by Gasteiger charge is 2.25. The van der Waals surface area contributed by atoms with Gasteiger partial charge in [-0.1, -0.05) is 0 Å². The van der Waals surface area contributed by atoms with Gasteiger partial charge in [0.15, 0.2) is 0 Å². The number of rotatable bonds is 0. The molecule has 0 fully saturated rings. The van der Waals surface area contributed by atoms with Crippen molar-refractivity contribution in [2.24, 2.45) is 5.73 Å². The van der Waals surface area contributed by atoms with Crippen LogP contribution in [0.25, 0.3) is 0 Å². The van der Waals surface area contributed by atoms with Crippen LogP contribution < -0.4 is 5.73 Å². The molecule has 66 valence electrons. The Morgan fingerprint density at radius 3 is 3.17 bits per heavy atom. The summed E-state index contributed by atoms with van der Waals surface area (Å²) in [5.41, 5.74) is 8.15. The molecule has 0 radical (unpaired) electrons. The summed E-state index contributed by atoms with van der Waals surface area (Å²) in [5, 5.41) is 11.8. The molecule has 1 aliphatic rings. The van der Waals surface area contributed by atoms with Gasteiger partial charge in [-0.05, 0) is 36.3 Å². The van der Waals surface area contributed by atoms with Gasteiger partial charge in [0.25, 0.3) is 0 Å². The summed E-state index contributed by atoms with van der Waals surface area (Å²) in [4.78, 5) is 1.28. The molecule has 0 bridgehead atoms. The minimum atomic E-state index is -0.324. The number of thiophene rings is 1. The first-order valence-electron chi connectivity index (χ1n) is 4.19. The van der Waals surface area contributed by atoms with Crippen molar-refractivity contribution in [2.75, 3.05) is 0 Å². The molecule has 0 spiro atoms. The predicted octanol–water partition coefficient (Wildman–Crippen LogP) is 1.36. The van der Waals surface area contributed by atoms with Crippen LogP contribution >= 0.6 is 11.3 Å². The standard InChI is InChI=1S/C9H13NOS/c1-5-4-12-8-3-6(10)2-7(11)9(5)8/h4,6-7,11H,2-3,10H2,1H3. The van der Waals surface area contributed by atoms with Crippen LogP contribution in [0.5, 0.6) is 0 Å². The summed E-state index contributed by atoms with van der Waals surface area (Å²) in [6.07, 6.45) is 1.32. The van der Waals surface area contributed by atoms with Crippen LogP contribution in [0.15, 0.2) is 5.38 Å². The van der Waals surface area contributed by atoms with Crippen LogP contribution in [0, 0.1) is 6.92 Å². The lowest BCUT2D eigenvalue weighted by Gasteiger charge is -2.23. The molecule has 1 aliphatic carbocycles. The van der Waals surface area contributed by atoms with Gasteiger partial charge in [-0.2, -0.15) is 0 Å². The SMILES string of the molecule is Cc1csc2c1C(O)CC(N)C2. The predicted molar refractivity (Wildman–Crippen MR) is 50.3 cm³/mol. The second kappa shape index (κ2) is 2.83. The smallest absolute Gasteiger partial charge is 0.0818 e. The van der Waals surface area contributed by atoms with Crippen LogP contribution in [0.4, 0.5) is 0 Å². The molecule has 2 rings (SSSR count). The first kappa shape index (κ1) is 8.23. The molecule has 0 saturated carbocycles. The van der Waals surface area contributed by atoms with Gasteiger partial charge in [-0.15, -0.1) is 11.3 Å². The van der Waals surface area contributed by atoms with E-state index in [0.29, 0.717) is 6.42 Å². The molecule has 0 amide bonds. The van der Waals surface area contributed by atoms with Gasteiger partial charge in [0.1, 0.15) is 0 Å². The topological polar surface area (TPSA) is 46.2 Å². The monoisotopic (exact) mass is 183 g/mol. The molecule has 12 heavy (non-hydrogen) atoms. The first-order chi connectivity index (χ1) is 5.68. The first-order valence-corrected chi connectivity index (χ1v) is 5.07. The molecule has 3 heteroatoms. The highest BCUT2D eigenvalue weighted by atomic mass is 32.1. The van der Waals surface area contributed by atoms with E-state index in [1.807, 2.05) is 0 Å². The summed E-state index contributed by atoms with van der Waals surface area (Å²) in [6.45, 7) is 2.05. The normalized spacial score (nSPS) is 28.6. The maximum Gasteiger partial charge on any atom is 0.0818 e. The van der Waals surface area contributed by atoms with E-state index < -0.39 is 0 Å². The number of aliphatic hydroxyl groups is 1. The molecule has 1 aromatic heterocycles. The van der Waals surface area contributed by atoms with Crippen molar-refractivity contribution in [1.29, 1.82) is 0 Å². The quantitative estimate of drug-likeness (QED) is 0.638. The Kier molecular flexibility index (Phi) is 1.94. The fourth-order valence-corrected chi connectivity index (χ4v) is 3.02. The van der Waals surface area contributed by atoms with E-state index in [-0.39, 0.29) is 12.1 Å². The van der Waals surface area contributed by atoms with Crippen molar-refractivity contribution in [3.63, 3.8) is 0 Å². The number of hydrogen-bond donors (Lipinski definition) is 2. The van der Waals surface area contributed by atoms with Gasteiger partial charge in [0, 0.05) is 10.9 Å². The molecule has 2 nitrogen and oxygen atoms in total. The van der Waals surface area contributed by atoms with Crippen LogP contribution in [0.2, 0.25) is 0 Å². The zero-order valence-corrected chi connectivity index (χ0v) is 7.90. The maximum absolute atomic E-state index is 9.73. The zero-order chi connectivity index (χ0) is 8.72. The van der Waals surface area contributed by atoms with Crippen molar-refractivity contribution in [1.82, 2.24) is 0 Å². The Morgan fingerprint density at radius 2 is 2.42 bits per heavy atom. The number of aryl methyl sites for hydroxylation is 1. The third-order valence-corrected chi connectivity index (χ3v) is 3.55. The molecule has 2 atom stereocenters. The van der Waals surface area contributed by atoms with Gasteiger partial charge in [0.05, 0.1) is 6.10 Å². The number of hydrogen-bond acceptors (Lipinski definition) is 3. The molecule has 0 aliphatic heterocycles. The Bertz CT molecular complexity index is 295. The number of nitrogens with two attached hydrogens (primary N) is 1. The summed E-state index contributed by atoms with van der Waals surface area (Å²) < 4.78 is 0. The fourth-order valence-electron chi connectivity index (χ4n) is 1.84. The number of fused-ring (bicyclic) bond motifs is 1. The molecule has 0 aromatic carbocycles. The van der Waals surface area contributed by atoms with Gasteiger partial charge < -0.3 is 10.8 Å². The van der Waals surface area contributed by atoms with Gasteiger partial charge in [-0.3, -0.25) is 0 Å². The molecule has 2 unspecified atom stereocenters. The Morgan fingerprint density at radius 1 is 1.67 bits per heavy atom. The van der Waals surface area contributed by atoms with E-state index in [4.69, 9.17) is 5.73 Å². The Hall–Kier alpha value is -0.380. The van der Waals surface area contributed by atoms with Crippen molar-refractivity contribution in [3.05, 3.63) is 21.4 Å². The minimum absolute atomic E-state index is 0.144. The summed E-state index contributed by atoms with van der Waals surface area (Å²) in [7, 11) is 0. The van der Waals surface area contributed by atoms with Crippen LogP contribution in [0.3, 0.4) is 0 Å². The summed E-state index contributed by atoms with van der Waals surface area (Å²) >= 11 is 1.72. The molecule has 0 saturated heterocycles. The Labute approximate surface area is 76.0 Å². The lowest BCUT2D eigenvalue weighted by Crippen LogP contribution is -2.29. The molecule has 1 heterocycles. The highest BCUT2D eigenvalue weighted by molar-refractivity contribution is 7.10. The van der Waals surface area contributed by atoms with Gasteiger partial charge >= 0.3 is 0 Å². The van der Waals surface area contributed by atoms with E-state index in [9.17, 15) is 5.11 Å². The van der Waals surface area contributed by atoms with E-state index in [0.717, 1.165) is 12.0 Å². The van der Waals surface area contributed by atoms with Crippen LogP contribution in [-0.4, -0.2) is 11.1 Å². The fraction of sp³-hybridized carbons (Fsp3) is 0.556. The van der Waals surface area contributed by atoms with E-state index in [2.05, 4.69) is 12.3 Å². The van der Waals surface area contributed by atoms with Crippen molar-refractivity contribution in [2.45, 2.75) is 31.9 Å². The molecule has 1 aromatic rings. The van der Waals surface area contributed by atoms with Gasteiger partial charge in [0.2, 0.25) is 0 Å². The van der Waals surface area contributed by atoms with E-state index in [1.165, 1.54) is 10.4 Å².